The fourth-order valence-electron chi connectivity index (χ4n) is 3.12. The molecule has 0 spiro atoms. The van der Waals surface area contributed by atoms with Crippen molar-refractivity contribution in [2.24, 2.45) is 0 Å². The van der Waals surface area contributed by atoms with Crippen LogP contribution in [0.25, 0.3) is 28.2 Å². The molecule has 0 unspecified atom stereocenters. The number of furan rings is 1. The van der Waals surface area contributed by atoms with Crippen LogP contribution in [0.2, 0.25) is 0 Å². The molecule has 27 heavy (non-hydrogen) atoms. The molecule has 0 saturated carbocycles. The number of hydrogen-bond acceptors (Lipinski definition) is 5. The normalized spacial score (nSPS) is 11.3. The third-order valence-electron chi connectivity index (χ3n) is 4.44. The Hall–Kier alpha value is -3.38. The molecule has 1 aromatic carbocycles. The standard InChI is InChI=1S/C21H15N3O2S/c25-21-17(11-16-7-4-9-26-16)23-20-19(15-8-10-27-13-15)22-18(12-24(20)21)14-5-2-1-3-6-14/h1-10,12-13,25H,11H2. The molecule has 0 bridgehead atoms. The van der Waals surface area contributed by atoms with Crippen molar-refractivity contribution in [1.29, 1.82) is 0 Å². The first-order valence-electron chi connectivity index (χ1n) is 8.51. The number of nitrogens with zero attached hydrogens (tertiary/aromatic N) is 3. The van der Waals surface area contributed by atoms with Crippen molar-refractivity contribution < 1.29 is 9.52 Å². The van der Waals surface area contributed by atoms with Gasteiger partial charge in [-0.2, -0.15) is 11.3 Å². The van der Waals surface area contributed by atoms with Gasteiger partial charge in [0.25, 0.3) is 0 Å². The fourth-order valence-corrected chi connectivity index (χ4v) is 3.76. The molecule has 0 saturated heterocycles. The van der Waals surface area contributed by atoms with Gasteiger partial charge in [0.15, 0.2) is 5.65 Å². The van der Waals surface area contributed by atoms with E-state index >= 15 is 0 Å². The molecule has 0 aliphatic heterocycles. The number of rotatable bonds is 4. The summed E-state index contributed by atoms with van der Waals surface area (Å²) < 4.78 is 7.12. The zero-order valence-corrected chi connectivity index (χ0v) is 15.1. The van der Waals surface area contributed by atoms with Crippen LogP contribution >= 0.6 is 11.3 Å². The summed E-state index contributed by atoms with van der Waals surface area (Å²) in [6.45, 7) is 0. The smallest absolute Gasteiger partial charge is 0.219 e. The number of aromatic hydroxyl groups is 1. The second-order valence-corrected chi connectivity index (χ2v) is 6.96. The Bertz CT molecular complexity index is 1190. The van der Waals surface area contributed by atoms with Crippen molar-refractivity contribution in [2.45, 2.75) is 6.42 Å². The Balaban J connectivity index is 1.74. The first-order chi connectivity index (χ1) is 13.3. The summed E-state index contributed by atoms with van der Waals surface area (Å²) in [5.41, 5.74) is 4.69. The number of thiophene rings is 1. The maximum absolute atomic E-state index is 10.8. The molecule has 0 radical (unpaired) electrons. The largest absolute Gasteiger partial charge is 0.493 e. The third-order valence-corrected chi connectivity index (χ3v) is 5.12. The summed E-state index contributed by atoms with van der Waals surface area (Å²) in [5, 5.41) is 14.9. The van der Waals surface area contributed by atoms with E-state index in [1.165, 1.54) is 0 Å². The molecular weight excluding hydrogens is 358 g/mol. The van der Waals surface area contributed by atoms with Crippen molar-refractivity contribution >= 4 is 17.0 Å². The lowest BCUT2D eigenvalue weighted by molar-refractivity contribution is 0.438. The quantitative estimate of drug-likeness (QED) is 0.481. The number of benzene rings is 1. The molecule has 5 nitrogen and oxygen atoms in total. The molecule has 4 aromatic heterocycles. The summed E-state index contributed by atoms with van der Waals surface area (Å²) in [7, 11) is 0. The van der Waals surface area contributed by atoms with Crippen LogP contribution in [0.3, 0.4) is 0 Å². The van der Waals surface area contributed by atoms with Crippen molar-refractivity contribution in [1.82, 2.24) is 14.4 Å². The van der Waals surface area contributed by atoms with Crippen LogP contribution in [0.1, 0.15) is 11.5 Å². The summed E-state index contributed by atoms with van der Waals surface area (Å²) in [6, 6.07) is 15.6. The van der Waals surface area contributed by atoms with Crippen molar-refractivity contribution in [3.63, 3.8) is 0 Å². The first kappa shape index (κ1) is 15.8. The maximum Gasteiger partial charge on any atom is 0.219 e. The van der Waals surface area contributed by atoms with E-state index in [4.69, 9.17) is 9.40 Å². The third kappa shape index (κ3) is 2.80. The monoisotopic (exact) mass is 373 g/mol. The van der Waals surface area contributed by atoms with Crippen LogP contribution < -0.4 is 0 Å². The molecule has 0 aliphatic carbocycles. The lowest BCUT2D eigenvalue weighted by Gasteiger charge is -2.07. The predicted molar refractivity (Wildman–Crippen MR) is 105 cm³/mol. The van der Waals surface area contributed by atoms with E-state index in [9.17, 15) is 5.11 Å². The molecule has 0 aliphatic rings. The SMILES string of the molecule is Oc1c(Cc2ccco2)nc2c(-c3ccsc3)nc(-c3ccccc3)cn12. The topological polar surface area (TPSA) is 63.6 Å². The van der Waals surface area contributed by atoms with Crippen LogP contribution in [-0.4, -0.2) is 19.5 Å². The van der Waals surface area contributed by atoms with Crippen molar-refractivity contribution in [3.8, 4) is 28.4 Å². The van der Waals surface area contributed by atoms with Gasteiger partial charge < -0.3 is 9.52 Å². The highest BCUT2D eigenvalue weighted by atomic mass is 32.1. The van der Waals surface area contributed by atoms with Crippen molar-refractivity contribution in [3.05, 3.63) is 83.2 Å². The van der Waals surface area contributed by atoms with E-state index in [1.54, 1.807) is 22.0 Å². The lowest BCUT2D eigenvalue weighted by atomic mass is 10.1. The van der Waals surface area contributed by atoms with Crippen LogP contribution in [0, 0.1) is 0 Å². The first-order valence-corrected chi connectivity index (χ1v) is 9.45. The Morgan fingerprint density at radius 2 is 1.89 bits per heavy atom. The van der Waals surface area contributed by atoms with Gasteiger partial charge in [-0.05, 0) is 23.6 Å². The molecule has 132 valence electrons. The van der Waals surface area contributed by atoms with E-state index in [2.05, 4.69) is 4.98 Å². The van der Waals surface area contributed by atoms with E-state index in [0.717, 1.165) is 28.3 Å². The number of imidazole rings is 1. The van der Waals surface area contributed by atoms with Crippen molar-refractivity contribution in [2.75, 3.05) is 0 Å². The van der Waals surface area contributed by atoms with E-state index in [0.29, 0.717) is 17.8 Å². The minimum absolute atomic E-state index is 0.109. The number of fused-ring (bicyclic) bond motifs is 1. The average molecular weight is 373 g/mol. The molecule has 0 fully saturated rings. The molecule has 5 rings (SSSR count). The van der Waals surface area contributed by atoms with Gasteiger partial charge >= 0.3 is 0 Å². The maximum atomic E-state index is 10.8. The van der Waals surface area contributed by atoms with Crippen LogP contribution in [0.5, 0.6) is 5.88 Å². The van der Waals surface area contributed by atoms with Gasteiger partial charge in [-0.1, -0.05) is 30.3 Å². The molecular formula is C21H15N3O2S. The Kier molecular flexibility index (Phi) is 3.76. The molecule has 0 amide bonds. The van der Waals surface area contributed by atoms with Gasteiger partial charge in [-0.15, -0.1) is 0 Å². The van der Waals surface area contributed by atoms with Gasteiger partial charge in [0.2, 0.25) is 5.88 Å². The Labute approximate surface area is 159 Å². The minimum atomic E-state index is 0.109. The van der Waals surface area contributed by atoms with Gasteiger partial charge in [-0.25, -0.2) is 9.97 Å². The highest BCUT2D eigenvalue weighted by Crippen LogP contribution is 2.32. The van der Waals surface area contributed by atoms with Gasteiger partial charge in [0.05, 0.1) is 18.4 Å². The highest BCUT2D eigenvalue weighted by Gasteiger charge is 2.19. The van der Waals surface area contributed by atoms with E-state index in [-0.39, 0.29) is 5.88 Å². The zero-order chi connectivity index (χ0) is 18.2. The molecule has 4 heterocycles. The average Bonchev–Trinajstić information content (AvgIpc) is 3.46. The zero-order valence-electron chi connectivity index (χ0n) is 14.2. The predicted octanol–water partition coefficient (Wildman–Crippen LogP) is 5.01. The number of hydrogen-bond donors (Lipinski definition) is 1. The second kappa shape index (κ2) is 6.41. The van der Waals surface area contributed by atoms with Crippen LogP contribution in [0.4, 0.5) is 0 Å². The summed E-state index contributed by atoms with van der Waals surface area (Å²) in [6.07, 6.45) is 3.87. The summed E-state index contributed by atoms with van der Waals surface area (Å²) in [4.78, 5) is 9.53. The van der Waals surface area contributed by atoms with E-state index in [1.807, 2.05) is 65.5 Å². The highest BCUT2D eigenvalue weighted by molar-refractivity contribution is 7.08. The molecule has 6 heteroatoms. The molecule has 1 N–H and O–H groups in total. The van der Waals surface area contributed by atoms with Crippen LogP contribution in [0.15, 0.2) is 76.2 Å². The van der Waals surface area contributed by atoms with Crippen LogP contribution in [-0.2, 0) is 6.42 Å². The van der Waals surface area contributed by atoms with Gasteiger partial charge in [0, 0.05) is 22.7 Å². The van der Waals surface area contributed by atoms with Gasteiger partial charge in [-0.3, -0.25) is 4.40 Å². The second-order valence-electron chi connectivity index (χ2n) is 6.18. The van der Waals surface area contributed by atoms with Gasteiger partial charge in [0.1, 0.15) is 17.1 Å². The lowest BCUT2D eigenvalue weighted by Crippen LogP contribution is -1.95. The number of aromatic nitrogens is 3. The molecule has 0 atom stereocenters. The molecule has 5 aromatic rings. The summed E-state index contributed by atoms with van der Waals surface area (Å²) in [5.74, 6) is 0.861. The minimum Gasteiger partial charge on any atom is -0.493 e. The van der Waals surface area contributed by atoms with E-state index < -0.39 is 0 Å². The summed E-state index contributed by atoms with van der Waals surface area (Å²) >= 11 is 1.60. The Morgan fingerprint density at radius 1 is 1.00 bits per heavy atom. The fraction of sp³-hybridized carbons (Fsp3) is 0.0476. The Morgan fingerprint density at radius 3 is 2.63 bits per heavy atom.